The van der Waals surface area contributed by atoms with Crippen molar-refractivity contribution >= 4 is 39.5 Å². The van der Waals surface area contributed by atoms with Crippen LogP contribution in [0.4, 0.5) is 0 Å². The van der Waals surface area contributed by atoms with Crippen molar-refractivity contribution in [2.24, 2.45) is 0 Å². The lowest BCUT2D eigenvalue weighted by Gasteiger charge is -2.19. The summed E-state index contributed by atoms with van der Waals surface area (Å²) in [6.07, 6.45) is 0.677. The molecule has 3 amide bonds. The number of benzene rings is 2. The van der Waals surface area contributed by atoms with Gasteiger partial charge in [0, 0.05) is 26.1 Å². The average Bonchev–Trinajstić information content (AvgIpc) is 3.04. The highest BCUT2D eigenvalue weighted by atomic mass is 16.5. The third kappa shape index (κ3) is 2.52. The molecule has 26 heavy (non-hydrogen) atoms. The number of carbonyl (C=O) groups is 3. The molecule has 132 valence electrons. The van der Waals surface area contributed by atoms with Crippen LogP contribution in [0.15, 0.2) is 34.9 Å². The second-order valence-corrected chi connectivity index (χ2v) is 6.65. The molecule has 2 heterocycles. The molecule has 7 nitrogen and oxygen atoms in total. The molecule has 0 saturated carbocycles. The Morgan fingerprint density at radius 1 is 1.23 bits per heavy atom. The zero-order chi connectivity index (χ0) is 18.4. The fraction of sp³-hybridized carbons (Fsp3) is 0.263. The third-order valence-electron chi connectivity index (χ3n) is 4.70. The molecule has 0 spiro atoms. The van der Waals surface area contributed by atoms with E-state index in [4.69, 9.17) is 4.52 Å². The van der Waals surface area contributed by atoms with E-state index in [-0.39, 0.29) is 24.1 Å². The van der Waals surface area contributed by atoms with Gasteiger partial charge in [0.25, 0.3) is 5.91 Å². The lowest BCUT2D eigenvalue weighted by atomic mass is 9.91. The van der Waals surface area contributed by atoms with E-state index in [1.165, 1.54) is 4.90 Å². The highest BCUT2D eigenvalue weighted by molar-refractivity contribution is 6.11. The van der Waals surface area contributed by atoms with E-state index in [0.717, 1.165) is 16.2 Å². The van der Waals surface area contributed by atoms with Crippen molar-refractivity contribution in [3.8, 4) is 0 Å². The van der Waals surface area contributed by atoms with Gasteiger partial charge >= 0.3 is 0 Å². The van der Waals surface area contributed by atoms with Crippen molar-refractivity contribution < 1.29 is 18.9 Å². The number of fused-ring (bicyclic) bond motifs is 3. The molecule has 2 aromatic carbocycles. The predicted octanol–water partition coefficient (Wildman–Crippen LogP) is 2.20. The molecule has 0 unspecified atom stereocenters. The summed E-state index contributed by atoms with van der Waals surface area (Å²) in [6, 6.07) is 9.07. The van der Waals surface area contributed by atoms with Crippen LogP contribution in [0.5, 0.6) is 0 Å². The number of rotatable bonds is 2. The average molecular weight is 351 g/mol. The van der Waals surface area contributed by atoms with Crippen LogP contribution >= 0.6 is 0 Å². The summed E-state index contributed by atoms with van der Waals surface area (Å²) in [7, 11) is 3.41. The molecule has 1 fully saturated rings. The van der Waals surface area contributed by atoms with E-state index in [9.17, 15) is 14.4 Å². The van der Waals surface area contributed by atoms with Crippen LogP contribution in [0, 0.1) is 0 Å². The van der Waals surface area contributed by atoms with Gasteiger partial charge in [0.1, 0.15) is 5.69 Å². The molecular formula is C19H17N3O4. The maximum absolute atomic E-state index is 12.2. The Kier molecular flexibility index (Phi) is 3.72. The number of aromatic nitrogens is 1. The molecule has 1 aliphatic rings. The van der Waals surface area contributed by atoms with Crippen LogP contribution in [0.3, 0.4) is 0 Å². The number of hydrogen-bond donors (Lipinski definition) is 1. The smallest absolute Gasteiger partial charge is 0.253 e. The second kappa shape index (κ2) is 5.94. The first kappa shape index (κ1) is 16.3. The van der Waals surface area contributed by atoms with Crippen LogP contribution in [0.1, 0.15) is 34.8 Å². The molecule has 0 bridgehead atoms. The van der Waals surface area contributed by atoms with E-state index < -0.39 is 5.92 Å². The topological polar surface area (TPSA) is 92.5 Å². The molecule has 1 atom stereocenters. The number of nitrogens with zero attached hydrogens (tertiary/aromatic N) is 2. The number of nitrogens with one attached hydrogen (secondary N) is 1. The van der Waals surface area contributed by atoms with Crippen LogP contribution in [-0.2, 0) is 9.59 Å². The third-order valence-corrected chi connectivity index (χ3v) is 4.70. The lowest BCUT2D eigenvalue weighted by Crippen LogP contribution is -2.39. The molecule has 1 aromatic heterocycles. The first-order chi connectivity index (χ1) is 12.5. The summed E-state index contributed by atoms with van der Waals surface area (Å²) in [5, 5.41) is 8.94. The zero-order valence-corrected chi connectivity index (χ0v) is 14.4. The van der Waals surface area contributed by atoms with Crippen molar-refractivity contribution in [3.63, 3.8) is 0 Å². The molecule has 0 aliphatic carbocycles. The van der Waals surface area contributed by atoms with Crippen molar-refractivity contribution in [3.05, 3.63) is 41.6 Å². The van der Waals surface area contributed by atoms with Crippen LogP contribution in [0.25, 0.3) is 21.7 Å². The summed E-state index contributed by atoms with van der Waals surface area (Å²) < 4.78 is 5.41. The van der Waals surface area contributed by atoms with E-state index in [1.54, 1.807) is 26.2 Å². The lowest BCUT2D eigenvalue weighted by molar-refractivity contribution is -0.134. The summed E-state index contributed by atoms with van der Waals surface area (Å²) in [5.74, 6) is -1.23. The zero-order valence-electron chi connectivity index (χ0n) is 14.4. The van der Waals surface area contributed by atoms with Gasteiger partial charge in [-0.05, 0) is 35.4 Å². The largest absolute Gasteiger partial charge is 0.356 e. The van der Waals surface area contributed by atoms with Crippen molar-refractivity contribution in [2.75, 3.05) is 14.1 Å². The van der Waals surface area contributed by atoms with Gasteiger partial charge in [-0.15, -0.1) is 0 Å². The Morgan fingerprint density at radius 2 is 2.04 bits per heavy atom. The molecule has 1 aliphatic heterocycles. The monoisotopic (exact) mass is 351 g/mol. The Balaban J connectivity index is 1.87. The fourth-order valence-corrected chi connectivity index (χ4v) is 3.38. The Morgan fingerprint density at radius 3 is 2.77 bits per heavy atom. The molecule has 1 N–H and O–H groups in total. The van der Waals surface area contributed by atoms with Gasteiger partial charge in [-0.3, -0.25) is 19.7 Å². The van der Waals surface area contributed by atoms with Gasteiger partial charge < -0.3 is 9.42 Å². The standard InChI is InChI=1S/C19H17N3O4/c1-22(2)19(25)11-3-5-12-10(9-11)4-7-14-16(12)17(21-26-14)13-6-8-15(23)20-18(13)24/h3-5,7,9,13H,6,8H2,1-2H3,(H,20,23,24)/t13-/m0/s1. The summed E-state index contributed by atoms with van der Waals surface area (Å²) in [6.45, 7) is 0. The Labute approximate surface area is 148 Å². The summed E-state index contributed by atoms with van der Waals surface area (Å²) >= 11 is 0. The van der Waals surface area contributed by atoms with Crippen molar-refractivity contribution in [1.82, 2.24) is 15.4 Å². The molecule has 0 radical (unpaired) electrons. The van der Waals surface area contributed by atoms with Crippen molar-refractivity contribution in [1.29, 1.82) is 0 Å². The quantitative estimate of drug-likeness (QED) is 0.715. The minimum atomic E-state index is -0.525. The SMILES string of the molecule is CN(C)C(=O)c1ccc2c(ccc3onc([C@@H]4CCC(=O)NC4=O)c32)c1. The first-order valence-electron chi connectivity index (χ1n) is 8.33. The van der Waals surface area contributed by atoms with Crippen LogP contribution in [0.2, 0.25) is 0 Å². The second-order valence-electron chi connectivity index (χ2n) is 6.65. The van der Waals surface area contributed by atoms with Crippen LogP contribution < -0.4 is 5.32 Å². The van der Waals surface area contributed by atoms with E-state index in [1.807, 2.05) is 18.2 Å². The fourth-order valence-electron chi connectivity index (χ4n) is 3.38. The Bertz CT molecular complexity index is 1070. The summed E-state index contributed by atoms with van der Waals surface area (Å²) in [5.41, 5.74) is 1.69. The molecule has 1 saturated heterocycles. The maximum Gasteiger partial charge on any atom is 0.253 e. The highest BCUT2D eigenvalue weighted by Crippen LogP contribution is 2.35. The van der Waals surface area contributed by atoms with E-state index in [0.29, 0.717) is 23.3 Å². The van der Waals surface area contributed by atoms with Gasteiger partial charge in [-0.2, -0.15) is 0 Å². The number of hydrogen-bond acceptors (Lipinski definition) is 5. The van der Waals surface area contributed by atoms with Crippen LogP contribution in [-0.4, -0.2) is 41.9 Å². The molecule has 3 aromatic rings. The van der Waals surface area contributed by atoms with E-state index in [2.05, 4.69) is 10.5 Å². The maximum atomic E-state index is 12.2. The Hall–Kier alpha value is -3.22. The minimum absolute atomic E-state index is 0.0808. The van der Waals surface area contributed by atoms with Gasteiger partial charge in [0.15, 0.2) is 5.58 Å². The molecular weight excluding hydrogens is 334 g/mol. The normalized spacial score (nSPS) is 17.5. The highest BCUT2D eigenvalue weighted by Gasteiger charge is 2.32. The number of amides is 3. The summed E-state index contributed by atoms with van der Waals surface area (Å²) in [4.78, 5) is 37.4. The number of imide groups is 1. The van der Waals surface area contributed by atoms with E-state index >= 15 is 0 Å². The first-order valence-corrected chi connectivity index (χ1v) is 8.33. The molecule has 7 heteroatoms. The predicted molar refractivity (Wildman–Crippen MR) is 94.7 cm³/mol. The van der Waals surface area contributed by atoms with Gasteiger partial charge in [-0.25, -0.2) is 0 Å². The molecule has 4 rings (SSSR count). The minimum Gasteiger partial charge on any atom is -0.356 e. The van der Waals surface area contributed by atoms with Gasteiger partial charge in [0.2, 0.25) is 11.8 Å². The van der Waals surface area contributed by atoms with Crippen molar-refractivity contribution in [2.45, 2.75) is 18.8 Å². The number of carbonyl (C=O) groups excluding carboxylic acids is 3. The van der Waals surface area contributed by atoms with Gasteiger partial charge in [0.05, 0.1) is 11.3 Å². The van der Waals surface area contributed by atoms with Gasteiger partial charge in [-0.1, -0.05) is 17.3 Å². The number of piperidine rings is 1.